The van der Waals surface area contributed by atoms with Crippen LogP contribution in [0.3, 0.4) is 0 Å². The highest BCUT2D eigenvalue weighted by Gasteiger charge is 2.58. The Morgan fingerprint density at radius 3 is 1.82 bits per heavy atom. The molecule has 0 unspecified atom stereocenters. The molecule has 2 aromatic carbocycles. The number of hydrogen-bond acceptors (Lipinski definition) is 12. The third kappa shape index (κ3) is 20.1. The van der Waals surface area contributed by atoms with E-state index in [-0.39, 0.29) is 74.7 Å². The van der Waals surface area contributed by atoms with Crippen molar-refractivity contribution in [2.24, 2.45) is 16.7 Å². The molecule has 2 aliphatic carbocycles. The number of fused-ring (bicyclic) bond motifs is 3. The predicted octanol–water partition coefficient (Wildman–Crippen LogP) is 5.90. The summed E-state index contributed by atoms with van der Waals surface area (Å²) < 4.78 is 115. The molecule has 3 aliphatic heterocycles. The molecule has 2 saturated heterocycles. The molecule has 2 aromatic rings. The number of alkyl halides is 6. The van der Waals surface area contributed by atoms with Gasteiger partial charge in [-0.1, -0.05) is 72.6 Å². The lowest BCUT2D eigenvalue weighted by atomic mass is 9.75. The van der Waals surface area contributed by atoms with Crippen LogP contribution in [0.5, 0.6) is 0 Å². The van der Waals surface area contributed by atoms with Crippen molar-refractivity contribution < 1.29 is 92.7 Å². The van der Waals surface area contributed by atoms with Crippen molar-refractivity contribution in [1.82, 2.24) is 60.0 Å². The summed E-state index contributed by atoms with van der Waals surface area (Å²) in [7, 11) is 10.5. The normalized spacial score (nSPS) is 25.0. The summed E-state index contributed by atoms with van der Waals surface area (Å²) in [5, 5.41) is 8.23. The number of carbonyl (C=O) groups excluding carboxylic acids is 12. The molecule has 0 radical (unpaired) electrons. The van der Waals surface area contributed by atoms with Crippen molar-refractivity contribution in [3.63, 3.8) is 0 Å². The molecule has 0 aromatic heterocycles. The van der Waals surface area contributed by atoms with Gasteiger partial charge in [-0.3, -0.25) is 57.5 Å². The molecule has 12 amide bonds. The fourth-order valence-corrected chi connectivity index (χ4v) is 14.4. The zero-order valence-corrected chi connectivity index (χ0v) is 63.0. The Bertz CT molecular complexity index is 3680. The van der Waals surface area contributed by atoms with Crippen molar-refractivity contribution in [3.8, 4) is 0 Å². The van der Waals surface area contributed by atoms with Crippen LogP contribution in [-0.2, 0) is 89.1 Å². The number of rotatable bonds is 11. The zero-order chi connectivity index (χ0) is 79.2. The van der Waals surface area contributed by atoms with Crippen LogP contribution in [0.2, 0.25) is 0 Å². The molecule has 5 aliphatic rings. The maximum absolute atomic E-state index is 15.6. The number of nitrogens with zero attached hydrogens (tertiary/aromatic N) is 9. The summed E-state index contributed by atoms with van der Waals surface area (Å²) >= 11 is 0. The lowest BCUT2D eigenvalue weighted by Crippen LogP contribution is -2.66. The monoisotopic (exact) mass is 1500 g/mol. The van der Waals surface area contributed by atoms with Gasteiger partial charge in [-0.15, -0.1) is 0 Å². The lowest BCUT2D eigenvalue weighted by molar-refractivity contribution is -0.153. The molecule has 3 N–H and O–H groups in total. The Hall–Kier alpha value is -8.74. The van der Waals surface area contributed by atoms with Crippen LogP contribution in [0, 0.1) is 28.4 Å². The van der Waals surface area contributed by atoms with Gasteiger partial charge >= 0.3 is 12.4 Å². The van der Waals surface area contributed by atoms with Gasteiger partial charge in [0.25, 0.3) is 0 Å². The van der Waals surface area contributed by atoms with Gasteiger partial charge in [0.1, 0.15) is 65.0 Å². The fourth-order valence-electron chi connectivity index (χ4n) is 14.4. The van der Waals surface area contributed by atoms with Gasteiger partial charge in [-0.05, 0) is 135 Å². The van der Waals surface area contributed by atoms with E-state index in [1.54, 1.807) is 53.7 Å². The Kier molecular flexibility index (Phi) is 27.1. The molecule has 3 heterocycles. The topological polar surface area (TPSA) is 270 Å². The number of aryl methyl sites for hydroxylation is 1. The van der Waals surface area contributed by atoms with E-state index in [9.17, 15) is 69.5 Å². The van der Waals surface area contributed by atoms with Crippen molar-refractivity contribution in [2.75, 3.05) is 89.1 Å². The van der Waals surface area contributed by atoms with E-state index in [0.717, 1.165) is 51.3 Å². The molecular formula is C74H102F8N12O12. The molecule has 24 nitrogen and oxygen atoms in total. The first kappa shape index (κ1) is 84.5. The van der Waals surface area contributed by atoms with Crippen LogP contribution >= 0.6 is 0 Å². The molecule has 2 spiro atoms. The molecule has 4 fully saturated rings. The molecule has 2 bridgehead atoms. The Balaban J connectivity index is 1.34. The highest BCUT2D eigenvalue weighted by atomic mass is 19.4. The predicted molar refractivity (Wildman–Crippen MR) is 372 cm³/mol. The van der Waals surface area contributed by atoms with Crippen LogP contribution in [0.25, 0.3) is 0 Å². The summed E-state index contributed by atoms with van der Waals surface area (Å²) in [4.78, 5) is 188. The average molecular weight is 1500 g/mol. The van der Waals surface area contributed by atoms with Crippen LogP contribution in [0.15, 0.2) is 42.5 Å². The van der Waals surface area contributed by atoms with E-state index in [1.165, 1.54) is 67.3 Å². The summed E-state index contributed by atoms with van der Waals surface area (Å²) in [5.41, 5.74) is -6.14. The van der Waals surface area contributed by atoms with Gasteiger partial charge < -0.3 is 60.0 Å². The second-order valence-corrected chi connectivity index (χ2v) is 30.9. The van der Waals surface area contributed by atoms with Gasteiger partial charge in [0, 0.05) is 75.9 Å². The maximum Gasteiger partial charge on any atom is 0.422 e. The third-order valence-corrected chi connectivity index (χ3v) is 21.3. The highest BCUT2D eigenvalue weighted by Crippen LogP contribution is 2.55. The first-order valence-electron chi connectivity index (χ1n) is 35.9. The molecule has 7 rings (SSSR count). The van der Waals surface area contributed by atoms with Crippen LogP contribution in [-0.4, -0.2) is 252 Å². The fraction of sp³-hybridized carbons (Fsp3) is 0.649. The minimum atomic E-state index is -5.45. The van der Waals surface area contributed by atoms with Gasteiger partial charge in [0.05, 0.1) is 31.6 Å². The average Bonchev–Trinajstić information content (AvgIpc) is 1.57. The largest absolute Gasteiger partial charge is 0.422 e. The zero-order valence-electron chi connectivity index (χ0n) is 63.0. The van der Waals surface area contributed by atoms with Crippen LogP contribution < -0.4 is 16.0 Å². The van der Waals surface area contributed by atoms with Gasteiger partial charge in [-0.2, -0.15) is 26.3 Å². The summed E-state index contributed by atoms with van der Waals surface area (Å²) in [5.74, 6) is -14.5. The summed E-state index contributed by atoms with van der Waals surface area (Å²) in [6.07, 6.45) is -6.89. The number of hydrogen-bond donors (Lipinski definition) is 3. The van der Waals surface area contributed by atoms with Crippen molar-refractivity contribution in [2.45, 2.75) is 204 Å². The second-order valence-electron chi connectivity index (χ2n) is 30.9. The second kappa shape index (κ2) is 34.0. The lowest BCUT2D eigenvalue weighted by Gasteiger charge is -2.44. The molecule has 2 saturated carbocycles. The summed E-state index contributed by atoms with van der Waals surface area (Å²) in [6.45, 7) is 7.91. The van der Waals surface area contributed by atoms with E-state index in [1.807, 2.05) is 0 Å². The molecular weight excluding hydrogens is 1400 g/mol. The quantitative estimate of drug-likeness (QED) is 0.175. The molecule has 106 heavy (non-hydrogen) atoms. The van der Waals surface area contributed by atoms with Gasteiger partial charge in [-0.25, -0.2) is 8.78 Å². The number of halogens is 8. The Labute approximate surface area is 613 Å². The number of likely N-dealkylation sites (N-methyl/N-ethyl adjacent to an activating group) is 7. The van der Waals surface area contributed by atoms with E-state index in [0.29, 0.717) is 44.2 Å². The molecule has 8 atom stereocenters. The summed E-state index contributed by atoms with van der Waals surface area (Å²) in [6, 6.07) is -6.46. The SMILES string of the molecule is CCC[C@H]1C(=O)N[C@@H]([C@@H](C)CC)C(=O)N(C)CC(=O)N(C)[C@H]2C/C=C\CCN(C2=O)[C@@H](Cc2ccc(C(F)(F)F)cc2CC(C)(C)C)C(=O)N(C)CC(=O)N[C@@H](CCc2cc(F)c(C(F)(F)F)c(F)c2)C(=O)N2CC3(CC3)C[C@H]2C(=O)NC2(CCC2)C(=O)N(C)CC(=O)N(C)[C@H](C(=O)N(C)C)CC(=O)N1C. The number of nitrogens with one attached hydrogen (secondary N) is 3. The van der Waals surface area contributed by atoms with Gasteiger partial charge in [0.2, 0.25) is 70.9 Å². The maximum atomic E-state index is 15.6. The van der Waals surface area contributed by atoms with Crippen LogP contribution in [0.1, 0.15) is 153 Å². The van der Waals surface area contributed by atoms with E-state index in [2.05, 4.69) is 16.0 Å². The first-order valence-corrected chi connectivity index (χ1v) is 35.9. The Morgan fingerprint density at radius 1 is 0.651 bits per heavy atom. The van der Waals surface area contributed by atoms with E-state index >= 15 is 23.2 Å². The third-order valence-electron chi connectivity index (χ3n) is 21.3. The van der Waals surface area contributed by atoms with Crippen LogP contribution in [0.4, 0.5) is 35.1 Å². The standard InChI is InChI=1S/C74H102F8N12O12/c1-15-21-51-62(99)84-61(43(3)16-2)68(105)88(10)40-58(97)91(13)52-22-18-17-19-31-93(67(52)104)54(35-45-24-25-47(73(77,78)79)34-46(45)37-70(4,5)6)66(103)87(9)39-56(95)83-50(26-23-44-32-48(75)60(49(76)33-44)74(80,81)82)64(101)94-42-71(29-30-71)38-55(94)63(100)85-72(27-20-28-72)69(106)89(11)41-59(98)92(14)53(65(102)86(7)8)36-57(96)90(51)12/h17-18,24-25,32-34,43,50-55,61H,15-16,19-23,26-31,35-42H2,1-14H3,(H,83,95)(H,84,99)(H,85,100)/b18-17-/t43-,50-,51-,52-,53-,54-,55-,61-/m0/s1. The number of amides is 12. The van der Waals surface area contributed by atoms with Crippen molar-refractivity contribution >= 4 is 70.9 Å². The number of carbonyl (C=O) groups is 12. The van der Waals surface area contributed by atoms with E-state index < -0.39 is 216 Å². The highest BCUT2D eigenvalue weighted by molar-refractivity contribution is 6.00. The number of benzene rings is 2. The molecule has 32 heteroatoms. The molecule has 586 valence electrons. The Morgan fingerprint density at radius 2 is 1.26 bits per heavy atom. The van der Waals surface area contributed by atoms with Gasteiger partial charge in [0.15, 0.2) is 0 Å². The van der Waals surface area contributed by atoms with E-state index in [4.69, 9.17) is 0 Å². The minimum absolute atomic E-state index is 0.0327. The minimum Gasteiger partial charge on any atom is -0.347 e. The van der Waals surface area contributed by atoms with Crippen molar-refractivity contribution in [1.29, 1.82) is 0 Å². The smallest absolute Gasteiger partial charge is 0.347 e. The first-order chi connectivity index (χ1) is 49.3. The van der Waals surface area contributed by atoms with Crippen molar-refractivity contribution in [3.05, 3.63) is 81.9 Å².